The van der Waals surface area contributed by atoms with Gasteiger partial charge in [-0.2, -0.15) is 4.31 Å². The Morgan fingerprint density at radius 1 is 1.00 bits per heavy atom. The zero-order chi connectivity index (χ0) is 22.3. The average Bonchev–Trinajstić information content (AvgIpc) is 2.74. The molecule has 168 valence electrons. The molecule has 1 aliphatic rings. The van der Waals surface area contributed by atoms with E-state index < -0.39 is 10.0 Å². The monoisotopic (exact) mass is 443 g/mol. The number of likely N-dealkylation sites (tertiary alicyclic amines) is 1. The van der Waals surface area contributed by atoms with Gasteiger partial charge in [0.25, 0.3) is 0 Å². The summed E-state index contributed by atoms with van der Waals surface area (Å²) >= 11 is 0. The fraction of sp³-hybridized carbons (Fsp3) is 0.458. The fourth-order valence-electron chi connectivity index (χ4n) is 3.82. The van der Waals surface area contributed by atoms with Crippen molar-refractivity contribution in [2.75, 3.05) is 25.9 Å². The molecule has 0 radical (unpaired) electrons. The molecule has 0 aromatic heterocycles. The molecule has 1 saturated heterocycles. The second-order valence-electron chi connectivity index (χ2n) is 8.45. The Morgan fingerprint density at radius 3 is 2.35 bits per heavy atom. The van der Waals surface area contributed by atoms with Crippen LogP contribution in [0.4, 0.5) is 0 Å². The predicted octanol–water partition coefficient (Wildman–Crippen LogP) is 3.06. The lowest BCUT2D eigenvalue weighted by Gasteiger charge is -2.26. The molecule has 1 N–H and O–H groups in total. The molecule has 2 aromatic carbocycles. The van der Waals surface area contributed by atoms with E-state index >= 15 is 0 Å². The van der Waals surface area contributed by atoms with Gasteiger partial charge in [-0.1, -0.05) is 60.5 Å². The molecule has 1 amide bonds. The lowest BCUT2D eigenvalue weighted by molar-refractivity contribution is -0.121. The second kappa shape index (κ2) is 10.9. The number of amides is 1. The van der Waals surface area contributed by atoms with Crippen LogP contribution in [0.15, 0.2) is 48.5 Å². The number of rotatable bonds is 9. The zero-order valence-electron chi connectivity index (χ0n) is 18.5. The number of piperidine rings is 1. The highest BCUT2D eigenvalue weighted by Crippen LogP contribution is 2.14. The van der Waals surface area contributed by atoms with Crippen LogP contribution in [0.1, 0.15) is 41.5 Å². The molecule has 0 spiro atoms. The zero-order valence-corrected chi connectivity index (χ0v) is 19.3. The molecule has 1 fully saturated rings. The maximum Gasteiger partial charge on any atom is 0.235 e. The van der Waals surface area contributed by atoms with Gasteiger partial charge in [0.2, 0.25) is 15.9 Å². The molecule has 7 heteroatoms. The van der Waals surface area contributed by atoms with Gasteiger partial charge < -0.3 is 5.32 Å². The molecule has 1 heterocycles. The maximum atomic E-state index is 12.5. The summed E-state index contributed by atoms with van der Waals surface area (Å²) in [7, 11) is -3.51. The van der Waals surface area contributed by atoms with Gasteiger partial charge in [0, 0.05) is 19.6 Å². The van der Waals surface area contributed by atoms with Crippen LogP contribution in [0.25, 0.3) is 0 Å². The van der Waals surface area contributed by atoms with Crippen LogP contribution in [-0.4, -0.2) is 49.4 Å². The molecule has 6 nitrogen and oxygen atoms in total. The Balaban J connectivity index is 1.55. The van der Waals surface area contributed by atoms with E-state index in [0.717, 1.165) is 42.6 Å². The third-order valence-corrected chi connectivity index (χ3v) is 6.80. The highest BCUT2D eigenvalue weighted by Gasteiger charge is 2.20. The van der Waals surface area contributed by atoms with Crippen molar-refractivity contribution in [1.29, 1.82) is 0 Å². The van der Waals surface area contributed by atoms with E-state index in [4.69, 9.17) is 0 Å². The topological polar surface area (TPSA) is 69.7 Å². The first-order valence-electron chi connectivity index (χ1n) is 10.9. The van der Waals surface area contributed by atoms with Crippen LogP contribution in [-0.2, 0) is 34.5 Å². The van der Waals surface area contributed by atoms with Gasteiger partial charge in [0.1, 0.15) is 0 Å². The number of carbonyl (C=O) groups excluding carboxylic acids is 1. The van der Waals surface area contributed by atoms with Crippen LogP contribution >= 0.6 is 0 Å². The third-order valence-electron chi connectivity index (χ3n) is 5.60. The Morgan fingerprint density at radius 2 is 1.68 bits per heavy atom. The van der Waals surface area contributed by atoms with Crippen molar-refractivity contribution < 1.29 is 13.2 Å². The largest absolute Gasteiger partial charge is 0.351 e. The van der Waals surface area contributed by atoms with Crippen molar-refractivity contribution in [2.24, 2.45) is 0 Å². The molecule has 1 aliphatic heterocycles. The molecule has 3 rings (SSSR count). The summed E-state index contributed by atoms with van der Waals surface area (Å²) in [5.41, 5.74) is 4.22. The summed E-state index contributed by atoms with van der Waals surface area (Å²) in [6.07, 6.45) is 4.97. The molecular formula is C24H33N3O3S. The Kier molecular flexibility index (Phi) is 8.23. The number of aryl methyl sites for hydroxylation is 1. The van der Waals surface area contributed by atoms with Gasteiger partial charge >= 0.3 is 0 Å². The van der Waals surface area contributed by atoms with Crippen molar-refractivity contribution >= 4 is 15.9 Å². The van der Waals surface area contributed by atoms with Crippen molar-refractivity contribution in [3.05, 3.63) is 70.8 Å². The molecular weight excluding hydrogens is 410 g/mol. The van der Waals surface area contributed by atoms with Gasteiger partial charge in [-0.3, -0.25) is 9.69 Å². The standard InChI is InChI=1S/C24H33N3O3S/c1-20-9-11-21(12-10-20)18-27(31(2,29)30)19-24(28)25-16-22-7-6-8-23(15-22)17-26-13-4-3-5-14-26/h6-12,15H,3-5,13-14,16-19H2,1-2H3,(H,25,28). The molecule has 0 unspecified atom stereocenters. The van der Waals surface area contributed by atoms with Crippen molar-refractivity contribution in [1.82, 2.24) is 14.5 Å². The molecule has 0 bridgehead atoms. The van der Waals surface area contributed by atoms with E-state index in [1.807, 2.05) is 43.3 Å². The summed E-state index contributed by atoms with van der Waals surface area (Å²) < 4.78 is 25.6. The molecule has 0 aliphatic carbocycles. The van der Waals surface area contributed by atoms with Gasteiger partial charge in [-0.15, -0.1) is 0 Å². The molecule has 0 saturated carbocycles. The number of nitrogens with one attached hydrogen (secondary N) is 1. The third kappa shape index (κ3) is 7.76. The van der Waals surface area contributed by atoms with E-state index in [1.165, 1.54) is 29.1 Å². The highest BCUT2D eigenvalue weighted by atomic mass is 32.2. The number of nitrogens with zero attached hydrogens (tertiary/aromatic N) is 2. The minimum absolute atomic E-state index is 0.178. The molecule has 0 atom stereocenters. The van der Waals surface area contributed by atoms with Gasteiger partial charge in [0.15, 0.2) is 0 Å². The summed E-state index contributed by atoms with van der Waals surface area (Å²) in [6.45, 7) is 5.56. The van der Waals surface area contributed by atoms with Gasteiger partial charge in [-0.05, 0) is 49.5 Å². The number of sulfonamides is 1. The Bertz CT molecular complexity index is 968. The van der Waals surface area contributed by atoms with E-state index in [-0.39, 0.29) is 19.0 Å². The fourth-order valence-corrected chi connectivity index (χ4v) is 4.55. The molecule has 31 heavy (non-hydrogen) atoms. The van der Waals surface area contributed by atoms with Gasteiger partial charge in [-0.25, -0.2) is 8.42 Å². The van der Waals surface area contributed by atoms with Crippen molar-refractivity contribution in [3.8, 4) is 0 Å². The highest BCUT2D eigenvalue weighted by molar-refractivity contribution is 7.88. The predicted molar refractivity (Wildman–Crippen MR) is 124 cm³/mol. The average molecular weight is 444 g/mol. The number of carbonyl (C=O) groups is 1. The van der Waals surface area contributed by atoms with Crippen molar-refractivity contribution in [2.45, 2.75) is 45.8 Å². The molecule has 2 aromatic rings. The first kappa shape index (κ1) is 23.4. The lowest BCUT2D eigenvalue weighted by atomic mass is 10.1. The summed E-state index contributed by atoms with van der Waals surface area (Å²) in [6, 6.07) is 15.9. The first-order valence-corrected chi connectivity index (χ1v) is 12.7. The van der Waals surface area contributed by atoms with Crippen LogP contribution in [0.5, 0.6) is 0 Å². The Labute approximate surface area is 186 Å². The lowest BCUT2D eigenvalue weighted by Crippen LogP contribution is -2.39. The van der Waals surface area contributed by atoms with Crippen molar-refractivity contribution in [3.63, 3.8) is 0 Å². The van der Waals surface area contributed by atoms with Crippen LogP contribution in [0.2, 0.25) is 0 Å². The normalized spacial score (nSPS) is 15.2. The smallest absolute Gasteiger partial charge is 0.235 e. The van der Waals surface area contributed by atoms with E-state index in [9.17, 15) is 13.2 Å². The van der Waals surface area contributed by atoms with Crippen LogP contribution in [0.3, 0.4) is 0 Å². The SMILES string of the molecule is Cc1ccc(CN(CC(=O)NCc2cccc(CN3CCCCC3)c2)S(C)(=O)=O)cc1. The maximum absolute atomic E-state index is 12.5. The second-order valence-corrected chi connectivity index (χ2v) is 10.4. The van der Waals surface area contributed by atoms with Crippen LogP contribution < -0.4 is 5.32 Å². The quantitative estimate of drug-likeness (QED) is 0.647. The number of benzene rings is 2. The Hall–Kier alpha value is -2.22. The minimum atomic E-state index is -3.51. The number of hydrogen-bond donors (Lipinski definition) is 1. The summed E-state index contributed by atoms with van der Waals surface area (Å²) in [4.78, 5) is 15.0. The van der Waals surface area contributed by atoms with E-state index in [1.54, 1.807) is 0 Å². The first-order chi connectivity index (χ1) is 14.8. The minimum Gasteiger partial charge on any atom is -0.351 e. The van der Waals surface area contributed by atoms with Crippen LogP contribution in [0, 0.1) is 6.92 Å². The number of hydrogen-bond acceptors (Lipinski definition) is 4. The van der Waals surface area contributed by atoms with E-state index in [2.05, 4.69) is 22.3 Å². The van der Waals surface area contributed by atoms with Gasteiger partial charge in [0.05, 0.1) is 12.8 Å². The summed E-state index contributed by atoms with van der Waals surface area (Å²) in [5.74, 6) is -0.307. The van der Waals surface area contributed by atoms with E-state index in [0.29, 0.717) is 6.54 Å². The summed E-state index contributed by atoms with van der Waals surface area (Å²) in [5, 5.41) is 2.87.